The van der Waals surface area contributed by atoms with Gasteiger partial charge in [0.2, 0.25) is 0 Å². The van der Waals surface area contributed by atoms with Gasteiger partial charge in [-0.25, -0.2) is 0 Å². The first kappa shape index (κ1) is 12.9. The molecule has 1 saturated heterocycles. The van der Waals surface area contributed by atoms with E-state index >= 15 is 0 Å². The number of phenols is 1. The van der Waals surface area contributed by atoms with Gasteiger partial charge < -0.3 is 14.4 Å². The van der Waals surface area contributed by atoms with Crippen LogP contribution in [0.25, 0.3) is 11.5 Å². The SMILES string of the molecule is Oc1cc(-c2nc(C3CCCOC3)no2)ccc1I. The highest BCUT2D eigenvalue weighted by molar-refractivity contribution is 14.1. The number of aromatic nitrogens is 2. The van der Waals surface area contributed by atoms with Crippen molar-refractivity contribution in [3.63, 3.8) is 0 Å². The van der Waals surface area contributed by atoms with E-state index < -0.39 is 0 Å². The van der Waals surface area contributed by atoms with E-state index in [1.165, 1.54) is 0 Å². The molecule has 1 fully saturated rings. The summed E-state index contributed by atoms with van der Waals surface area (Å²) >= 11 is 2.07. The van der Waals surface area contributed by atoms with Gasteiger partial charge in [0.1, 0.15) is 5.75 Å². The zero-order chi connectivity index (χ0) is 13.2. The van der Waals surface area contributed by atoms with Gasteiger partial charge in [-0.3, -0.25) is 0 Å². The zero-order valence-electron chi connectivity index (χ0n) is 10.2. The average molecular weight is 372 g/mol. The van der Waals surface area contributed by atoms with Crippen LogP contribution in [0.2, 0.25) is 0 Å². The van der Waals surface area contributed by atoms with Crippen molar-refractivity contribution in [1.82, 2.24) is 10.1 Å². The molecule has 6 heteroatoms. The minimum absolute atomic E-state index is 0.212. The molecule has 19 heavy (non-hydrogen) atoms. The van der Waals surface area contributed by atoms with Gasteiger partial charge in [-0.05, 0) is 53.6 Å². The van der Waals surface area contributed by atoms with Gasteiger partial charge >= 0.3 is 0 Å². The van der Waals surface area contributed by atoms with Crippen molar-refractivity contribution < 1.29 is 14.4 Å². The first-order chi connectivity index (χ1) is 9.24. The Hall–Kier alpha value is -1.15. The first-order valence-corrected chi connectivity index (χ1v) is 7.22. The predicted molar refractivity (Wildman–Crippen MR) is 76.9 cm³/mol. The fourth-order valence-corrected chi connectivity index (χ4v) is 2.44. The van der Waals surface area contributed by atoms with E-state index in [1.54, 1.807) is 6.07 Å². The van der Waals surface area contributed by atoms with E-state index in [-0.39, 0.29) is 11.7 Å². The second-order valence-corrected chi connectivity index (χ2v) is 5.70. The normalized spacial score (nSPS) is 19.5. The number of aromatic hydroxyl groups is 1. The van der Waals surface area contributed by atoms with Crippen LogP contribution in [0, 0.1) is 3.57 Å². The minimum atomic E-state index is 0.212. The van der Waals surface area contributed by atoms with Crippen molar-refractivity contribution in [2.45, 2.75) is 18.8 Å². The number of halogens is 1. The Morgan fingerprint density at radius 1 is 1.37 bits per heavy atom. The lowest BCUT2D eigenvalue weighted by Gasteiger charge is -2.18. The lowest BCUT2D eigenvalue weighted by Crippen LogP contribution is -2.16. The molecule has 1 aliphatic rings. The molecule has 3 rings (SSSR count). The van der Waals surface area contributed by atoms with Crippen LogP contribution in [-0.2, 0) is 4.74 Å². The Morgan fingerprint density at radius 3 is 3.00 bits per heavy atom. The quantitative estimate of drug-likeness (QED) is 0.822. The molecule has 0 saturated carbocycles. The van der Waals surface area contributed by atoms with Crippen molar-refractivity contribution in [1.29, 1.82) is 0 Å². The molecule has 0 aliphatic carbocycles. The molecule has 1 aromatic carbocycles. The largest absolute Gasteiger partial charge is 0.507 e. The lowest BCUT2D eigenvalue weighted by molar-refractivity contribution is 0.0773. The van der Waals surface area contributed by atoms with Crippen LogP contribution in [0.1, 0.15) is 24.6 Å². The molecule has 5 nitrogen and oxygen atoms in total. The summed E-state index contributed by atoms with van der Waals surface area (Å²) in [6.45, 7) is 1.46. The summed E-state index contributed by atoms with van der Waals surface area (Å²) in [4.78, 5) is 4.40. The maximum absolute atomic E-state index is 9.70. The summed E-state index contributed by atoms with van der Waals surface area (Å²) in [6, 6.07) is 5.31. The molecule has 2 aromatic rings. The van der Waals surface area contributed by atoms with E-state index in [4.69, 9.17) is 9.26 Å². The van der Waals surface area contributed by atoms with Gasteiger partial charge in [-0.15, -0.1) is 0 Å². The number of benzene rings is 1. The van der Waals surface area contributed by atoms with Crippen LogP contribution >= 0.6 is 22.6 Å². The number of hydrogen-bond acceptors (Lipinski definition) is 5. The highest BCUT2D eigenvalue weighted by Crippen LogP contribution is 2.29. The van der Waals surface area contributed by atoms with Crippen LogP contribution in [0.3, 0.4) is 0 Å². The van der Waals surface area contributed by atoms with Gasteiger partial charge in [-0.1, -0.05) is 5.16 Å². The summed E-state index contributed by atoms with van der Waals surface area (Å²) in [5.41, 5.74) is 0.730. The molecule has 0 radical (unpaired) electrons. The molecule has 0 bridgehead atoms. The average Bonchev–Trinajstić information content (AvgIpc) is 2.93. The molecular formula is C13H13IN2O3. The van der Waals surface area contributed by atoms with Gasteiger partial charge in [0.05, 0.1) is 10.2 Å². The number of hydrogen-bond donors (Lipinski definition) is 1. The third kappa shape index (κ3) is 2.74. The van der Waals surface area contributed by atoms with E-state index in [0.717, 1.165) is 28.6 Å². The highest BCUT2D eigenvalue weighted by Gasteiger charge is 2.22. The monoisotopic (exact) mass is 372 g/mol. The van der Waals surface area contributed by atoms with Crippen molar-refractivity contribution in [3.05, 3.63) is 27.6 Å². The molecule has 2 heterocycles. The van der Waals surface area contributed by atoms with Crippen molar-refractivity contribution in [2.24, 2.45) is 0 Å². The lowest BCUT2D eigenvalue weighted by atomic mass is 10.0. The molecule has 1 aliphatic heterocycles. The number of rotatable bonds is 2. The fraction of sp³-hybridized carbons (Fsp3) is 0.385. The van der Waals surface area contributed by atoms with E-state index in [9.17, 15) is 5.11 Å². The predicted octanol–water partition coefficient (Wildman–Crippen LogP) is 2.94. The summed E-state index contributed by atoms with van der Waals surface area (Å²) in [6.07, 6.45) is 2.05. The third-order valence-electron chi connectivity index (χ3n) is 3.16. The molecule has 1 N–H and O–H groups in total. The van der Waals surface area contributed by atoms with Crippen LogP contribution in [0.4, 0.5) is 0 Å². The molecular weight excluding hydrogens is 359 g/mol. The van der Waals surface area contributed by atoms with Crippen LogP contribution < -0.4 is 0 Å². The minimum Gasteiger partial charge on any atom is -0.507 e. The topological polar surface area (TPSA) is 68.4 Å². The first-order valence-electron chi connectivity index (χ1n) is 6.14. The summed E-state index contributed by atoms with van der Waals surface area (Å²) in [5, 5.41) is 13.7. The zero-order valence-corrected chi connectivity index (χ0v) is 12.3. The van der Waals surface area contributed by atoms with E-state index in [0.29, 0.717) is 18.3 Å². The van der Waals surface area contributed by atoms with Gasteiger partial charge in [0.15, 0.2) is 5.82 Å². The maximum Gasteiger partial charge on any atom is 0.258 e. The van der Waals surface area contributed by atoms with Crippen LogP contribution in [0.15, 0.2) is 22.7 Å². The number of ether oxygens (including phenoxy) is 1. The van der Waals surface area contributed by atoms with Gasteiger partial charge in [-0.2, -0.15) is 4.98 Å². The standard InChI is InChI=1S/C13H13IN2O3/c14-10-4-3-8(6-11(10)17)13-15-12(16-19-13)9-2-1-5-18-7-9/h3-4,6,9,17H,1-2,5,7H2. The fourth-order valence-electron chi connectivity index (χ4n) is 2.11. The maximum atomic E-state index is 9.70. The third-order valence-corrected chi connectivity index (χ3v) is 4.07. The van der Waals surface area contributed by atoms with Gasteiger partial charge in [0.25, 0.3) is 5.89 Å². The van der Waals surface area contributed by atoms with Crippen molar-refractivity contribution in [3.8, 4) is 17.2 Å². The molecule has 1 atom stereocenters. The Morgan fingerprint density at radius 2 is 2.26 bits per heavy atom. The smallest absolute Gasteiger partial charge is 0.258 e. The Kier molecular flexibility index (Phi) is 3.69. The molecule has 0 spiro atoms. The molecule has 1 aromatic heterocycles. The number of nitrogens with zero attached hydrogens (tertiary/aromatic N) is 2. The highest BCUT2D eigenvalue weighted by atomic mass is 127. The van der Waals surface area contributed by atoms with Gasteiger partial charge in [0, 0.05) is 18.1 Å². The molecule has 100 valence electrons. The number of phenolic OH excluding ortho intramolecular Hbond substituents is 1. The Labute approximate surface area is 124 Å². The Balaban J connectivity index is 1.85. The second-order valence-electron chi connectivity index (χ2n) is 4.54. The summed E-state index contributed by atoms with van der Waals surface area (Å²) in [7, 11) is 0. The second kappa shape index (κ2) is 5.46. The molecule has 0 amide bonds. The van der Waals surface area contributed by atoms with Crippen molar-refractivity contribution >= 4 is 22.6 Å². The van der Waals surface area contributed by atoms with Crippen LogP contribution in [-0.4, -0.2) is 28.5 Å². The van der Waals surface area contributed by atoms with E-state index in [2.05, 4.69) is 32.7 Å². The Bertz CT molecular complexity index is 579. The van der Waals surface area contributed by atoms with Crippen molar-refractivity contribution in [2.75, 3.05) is 13.2 Å². The summed E-state index contributed by atoms with van der Waals surface area (Å²) < 4.78 is 11.5. The summed E-state index contributed by atoms with van der Waals surface area (Å²) in [5.74, 6) is 1.56. The molecule has 1 unspecified atom stereocenters. The van der Waals surface area contributed by atoms with Crippen LogP contribution in [0.5, 0.6) is 5.75 Å². The van der Waals surface area contributed by atoms with E-state index in [1.807, 2.05) is 12.1 Å².